The van der Waals surface area contributed by atoms with Gasteiger partial charge in [0.25, 0.3) is 0 Å². The van der Waals surface area contributed by atoms with E-state index in [0.717, 1.165) is 25.3 Å². The number of hydrogen-bond donors (Lipinski definition) is 1. The van der Waals surface area contributed by atoms with Gasteiger partial charge in [-0.05, 0) is 40.5 Å². The van der Waals surface area contributed by atoms with E-state index in [0.29, 0.717) is 12.1 Å². The van der Waals surface area contributed by atoms with E-state index in [1.165, 1.54) is 0 Å². The van der Waals surface area contributed by atoms with Crippen molar-refractivity contribution >= 4 is 5.96 Å². The summed E-state index contributed by atoms with van der Waals surface area (Å²) >= 11 is 0. The number of allylic oxidation sites excluding steroid dienone is 1. The normalized spacial score (nSPS) is 12.1. The van der Waals surface area contributed by atoms with E-state index >= 15 is 0 Å². The molecule has 0 aliphatic heterocycles. The Balaban J connectivity index is 4.32. The number of rotatable bonds is 6. The fraction of sp³-hybridized carbons (Fsp3) is 0.769. The minimum Gasteiger partial charge on any atom is -0.354 e. The highest BCUT2D eigenvalue weighted by atomic mass is 15.3. The molecule has 0 saturated heterocycles. The molecule has 16 heavy (non-hydrogen) atoms. The van der Waals surface area contributed by atoms with E-state index in [9.17, 15) is 0 Å². The lowest BCUT2D eigenvalue weighted by Crippen LogP contribution is -2.43. The van der Waals surface area contributed by atoms with Crippen LogP contribution in [0.5, 0.6) is 0 Å². The second kappa shape index (κ2) is 8.20. The van der Waals surface area contributed by atoms with Crippen molar-refractivity contribution in [2.45, 2.75) is 52.6 Å². The van der Waals surface area contributed by atoms with Crippen LogP contribution in [0.25, 0.3) is 0 Å². The zero-order valence-corrected chi connectivity index (χ0v) is 11.5. The lowest BCUT2D eigenvalue weighted by atomic mass is 10.3. The smallest absolute Gasteiger partial charge is 0.194 e. The summed E-state index contributed by atoms with van der Waals surface area (Å²) < 4.78 is 0. The topological polar surface area (TPSA) is 27.6 Å². The Bertz CT molecular complexity index is 219. The van der Waals surface area contributed by atoms with E-state index < -0.39 is 0 Å². The standard InChI is InChI=1S/C13H27N3/c1-7-8-9-10-16(6)13(14-11(2)3)15-12(4)5/h7,11-12H,1,8-10H2,2-6H3,(H,14,15). The molecule has 3 nitrogen and oxygen atoms in total. The Morgan fingerprint density at radius 3 is 2.44 bits per heavy atom. The molecule has 0 aliphatic carbocycles. The molecule has 0 bridgehead atoms. The minimum atomic E-state index is 0.322. The monoisotopic (exact) mass is 225 g/mol. The quantitative estimate of drug-likeness (QED) is 0.326. The van der Waals surface area contributed by atoms with Crippen LogP contribution < -0.4 is 5.32 Å². The fourth-order valence-electron chi connectivity index (χ4n) is 1.33. The molecule has 1 N–H and O–H groups in total. The molecule has 94 valence electrons. The first kappa shape index (κ1) is 15.0. The van der Waals surface area contributed by atoms with Crippen LogP contribution in [0.2, 0.25) is 0 Å². The van der Waals surface area contributed by atoms with E-state index in [1.54, 1.807) is 0 Å². The Kier molecular flexibility index (Phi) is 7.69. The third-order valence-electron chi connectivity index (χ3n) is 2.06. The van der Waals surface area contributed by atoms with E-state index in [2.05, 4.69) is 56.5 Å². The molecule has 3 heteroatoms. The fourth-order valence-corrected chi connectivity index (χ4v) is 1.33. The molecule has 0 atom stereocenters. The first-order valence-corrected chi connectivity index (χ1v) is 6.13. The molecule has 0 amide bonds. The second-order valence-electron chi connectivity index (χ2n) is 4.70. The van der Waals surface area contributed by atoms with Crippen LogP contribution in [0.4, 0.5) is 0 Å². The summed E-state index contributed by atoms with van der Waals surface area (Å²) in [6.45, 7) is 13.2. The molecular formula is C13H27N3. The largest absolute Gasteiger partial charge is 0.354 e. The summed E-state index contributed by atoms with van der Waals surface area (Å²) in [6.07, 6.45) is 4.14. The number of hydrogen-bond acceptors (Lipinski definition) is 1. The number of nitrogens with zero attached hydrogens (tertiary/aromatic N) is 2. The Hall–Kier alpha value is -0.990. The van der Waals surface area contributed by atoms with Crippen molar-refractivity contribution in [1.82, 2.24) is 10.2 Å². The van der Waals surface area contributed by atoms with Crippen molar-refractivity contribution in [3.05, 3.63) is 12.7 Å². The van der Waals surface area contributed by atoms with Gasteiger partial charge in [-0.3, -0.25) is 4.99 Å². The maximum atomic E-state index is 4.60. The van der Waals surface area contributed by atoms with Crippen LogP contribution in [0, 0.1) is 0 Å². The summed E-state index contributed by atoms with van der Waals surface area (Å²) in [7, 11) is 2.08. The molecule has 0 aromatic heterocycles. The first-order chi connectivity index (χ1) is 7.47. The molecule has 0 heterocycles. The Labute approximate surface area is 101 Å². The summed E-state index contributed by atoms with van der Waals surface area (Å²) in [5, 5.41) is 3.39. The van der Waals surface area contributed by atoms with E-state index in [4.69, 9.17) is 0 Å². The van der Waals surface area contributed by atoms with E-state index in [1.807, 2.05) is 6.08 Å². The van der Waals surface area contributed by atoms with Crippen molar-refractivity contribution in [3.63, 3.8) is 0 Å². The summed E-state index contributed by atoms with van der Waals surface area (Å²) in [6, 6.07) is 0.738. The third-order valence-corrected chi connectivity index (χ3v) is 2.06. The van der Waals surface area contributed by atoms with Gasteiger partial charge in [0.2, 0.25) is 0 Å². The predicted molar refractivity (Wildman–Crippen MR) is 72.9 cm³/mol. The molecule has 0 fully saturated rings. The van der Waals surface area contributed by atoms with Gasteiger partial charge in [-0.25, -0.2) is 0 Å². The summed E-state index contributed by atoms with van der Waals surface area (Å²) in [5.41, 5.74) is 0. The zero-order chi connectivity index (χ0) is 12.6. The summed E-state index contributed by atoms with van der Waals surface area (Å²) in [4.78, 5) is 6.79. The summed E-state index contributed by atoms with van der Waals surface area (Å²) in [5.74, 6) is 0.995. The maximum Gasteiger partial charge on any atom is 0.194 e. The lowest BCUT2D eigenvalue weighted by Gasteiger charge is -2.24. The van der Waals surface area contributed by atoms with Crippen LogP contribution in [-0.4, -0.2) is 36.5 Å². The first-order valence-electron chi connectivity index (χ1n) is 6.13. The minimum absolute atomic E-state index is 0.322. The molecule has 0 unspecified atom stereocenters. The highest BCUT2D eigenvalue weighted by Crippen LogP contribution is 1.97. The lowest BCUT2D eigenvalue weighted by molar-refractivity contribution is 0.458. The molecule has 0 aromatic carbocycles. The van der Waals surface area contributed by atoms with Crippen LogP contribution in [-0.2, 0) is 0 Å². The van der Waals surface area contributed by atoms with Gasteiger partial charge >= 0.3 is 0 Å². The van der Waals surface area contributed by atoms with Gasteiger partial charge in [-0.1, -0.05) is 6.08 Å². The highest BCUT2D eigenvalue weighted by molar-refractivity contribution is 5.80. The molecule has 0 aliphatic rings. The molecule has 0 rings (SSSR count). The highest BCUT2D eigenvalue weighted by Gasteiger charge is 2.07. The molecular weight excluding hydrogens is 198 g/mol. The van der Waals surface area contributed by atoms with E-state index in [-0.39, 0.29) is 0 Å². The van der Waals surface area contributed by atoms with Crippen molar-refractivity contribution in [3.8, 4) is 0 Å². The molecule has 0 spiro atoms. The maximum absolute atomic E-state index is 4.60. The van der Waals surface area contributed by atoms with Crippen LogP contribution in [0.1, 0.15) is 40.5 Å². The van der Waals surface area contributed by atoms with Gasteiger partial charge in [-0.15, -0.1) is 6.58 Å². The van der Waals surface area contributed by atoms with Crippen LogP contribution in [0.3, 0.4) is 0 Å². The number of unbranched alkanes of at least 4 members (excludes halogenated alkanes) is 1. The van der Waals surface area contributed by atoms with Crippen molar-refractivity contribution < 1.29 is 0 Å². The van der Waals surface area contributed by atoms with Gasteiger partial charge in [0.05, 0.1) is 0 Å². The van der Waals surface area contributed by atoms with Gasteiger partial charge in [0.15, 0.2) is 5.96 Å². The van der Waals surface area contributed by atoms with Crippen molar-refractivity contribution in [1.29, 1.82) is 0 Å². The third kappa shape index (κ3) is 7.32. The molecule has 0 aromatic rings. The van der Waals surface area contributed by atoms with Crippen molar-refractivity contribution in [2.24, 2.45) is 4.99 Å². The van der Waals surface area contributed by atoms with Crippen LogP contribution >= 0.6 is 0 Å². The van der Waals surface area contributed by atoms with Crippen LogP contribution in [0.15, 0.2) is 17.6 Å². The Morgan fingerprint density at radius 1 is 1.38 bits per heavy atom. The van der Waals surface area contributed by atoms with Gasteiger partial charge in [0, 0.05) is 25.7 Å². The molecule has 0 saturated carbocycles. The number of nitrogens with one attached hydrogen (secondary N) is 1. The van der Waals surface area contributed by atoms with Gasteiger partial charge in [0.1, 0.15) is 0 Å². The zero-order valence-electron chi connectivity index (χ0n) is 11.5. The number of aliphatic imine (C=N–C) groups is 1. The van der Waals surface area contributed by atoms with Gasteiger partial charge in [-0.2, -0.15) is 0 Å². The second-order valence-corrected chi connectivity index (χ2v) is 4.70. The average molecular weight is 225 g/mol. The predicted octanol–water partition coefficient (Wildman–Crippen LogP) is 2.65. The average Bonchev–Trinajstić information content (AvgIpc) is 2.15. The van der Waals surface area contributed by atoms with Gasteiger partial charge < -0.3 is 10.2 Å². The Morgan fingerprint density at radius 2 is 2.00 bits per heavy atom. The number of guanidine groups is 1. The molecule has 0 radical (unpaired) electrons. The SMILES string of the molecule is C=CCCCN(C)C(=NC(C)C)NC(C)C. The van der Waals surface area contributed by atoms with Crippen molar-refractivity contribution in [2.75, 3.05) is 13.6 Å².